The Morgan fingerprint density at radius 3 is 2.30 bits per heavy atom. The summed E-state index contributed by atoms with van der Waals surface area (Å²) in [6.07, 6.45) is -1.30. The van der Waals surface area contributed by atoms with E-state index >= 15 is 0 Å². The maximum Gasteiger partial charge on any atom is 0.298 e. The van der Waals surface area contributed by atoms with E-state index in [0.717, 1.165) is 11.1 Å². The van der Waals surface area contributed by atoms with E-state index in [1.807, 2.05) is 37.6 Å². The minimum absolute atomic E-state index is 0.0752. The lowest BCUT2D eigenvalue weighted by Gasteiger charge is -2.15. The van der Waals surface area contributed by atoms with Gasteiger partial charge in [0.2, 0.25) is 17.1 Å². The zero-order valence-corrected chi connectivity index (χ0v) is 29.3. The number of carbonyl (C=O) groups is 3. The number of benzene rings is 2. The van der Waals surface area contributed by atoms with Gasteiger partial charge in [0, 0.05) is 46.3 Å². The zero-order chi connectivity index (χ0) is 36.4. The van der Waals surface area contributed by atoms with Crippen molar-refractivity contribution in [3.63, 3.8) is 0 Å². The van der Waals surface area contributed by atoms with Crippen molar-refractivity contribution in [2.45, 2.75) is 52.9 Å². The van der Waals surface area contributed by atoms with Gasteiger partial charge in [0.25, 0.3) is 5.91 Å². The fourth-order valence-electron chi connectivity index (χ4n) is 6.18. The second-order valence-electron chi connectivity index (χ2n) is 12.0. The first-order chi connectivity index (χ1) is 23.8. The smallest absolute Gasteiger partial charge is 0.298 e. The minimum Gasteiger partial charge on any atom is -0.494 e. The molecule has 0 saturated carbocycles. The second-order valence-corrected chi connectivity index (χ2v) is 12.0. The molecule has 5 rings (SSSR count). The van der Waals surface area contributed by atoms with Crippen molar-refractivity contribution in [2.75, 3.05) is 27.4 Å². The van der Waals surface area contributed by atoms with Crippen LogP contribution in [0.2, 0.25) is 0 Å². The zero-order valence-electron chi connectivity index (χ0n) is 29.3. The summed E-state index contributed by atoms with van der Waals surface area (Å²) >= 11 is 0. The van der Waals surface area contributed by atoms with E-state index in [1.165, 1.54) is 21.4 Å². The molecule has 2 aromatic carbocycles. The van der Waals surface area contributed by atoms with Crippen LogP contribution in [0.5, 0.6) is 11.5 Å². The highest BCUT2D eigenvalue weighted by Gasteiger charge is 2.26. The Balaban J connectivity index is 1.67. The van der Waals surface area contributed by atoms with Gasteiger partial charge in [-0.2, -0.15) is 10.1 Å². The number of aliphatic hydroxyl groups is 2. The molecule has 16 nitrogen and oxygen atoms in total. The molecule has 0 spiro atoms. The average molecular weight is 690 g/mol. The molecule has 1 unspecified atom stereocenters. The van der Waals surface area contributed by atoms with Crippen molar-refractivity contribution in [1.82, 2.24) is 28.0 Å². The molecular formula is C34H43N9O7. The van der Waals surface area contributed by atoms with Gasteiger partial charge >= 0.3 is 0 Å². The third-order valence-electron chi connectivity index (χ3n) is 8.53. The Labute approximate surface area is 287 Å². The average Bonchev–Trinajstić information content (AvgIpc) is 3.69. The van der Waals surface area contributed by atoms with Crippen molar-refractivity contribution >= 4 is 39.7 Å². The van der Waals surface area contributed by atoms with E-state index in [2.05, 4.69) is 15.1 Å². The number of ether oxygens (including phenoxy) is 2. The molecule has 50 heavy (non-hydrogen) atoms. The van der Waals surface area contributed by atoms with Crippen molar-refractivity contribution in [3.05, 3.63) is 64.1 Å². The van der Waals surface area contributed by atoms with Crippen LogP contribution in [-0.4, -0.2) is 89.3 Å². The summed E-state index contributed by atoms with van der Waals surface area (Å²) in [4.78, 5) is 48.8. The lowest BCUT2D eigenvalue weighted by atomic mass is 10.1. The molecule has 0 fully saturated rings. The molecule has 0 bridgehead atoms. The van der Waals surface area contributed by atoms with Crippen LogP contribution in [-0.2, 0) is 38.5 Å². The summed E-state index contributed by atoms with van der Waals surface area (Å²) < 4.78 is 19.8. The Hall–Kier alpha value is -5.48. The maximum absolute atomic E-state index is 13.9. The van der Waals surface area contributed by atoms with Crippen LogP contribution in [0.3, 0.4) is 0 Å². The van der Waals surface area contributed by atoms with Gasteiger partial charge < -0.3 is 39.1 Å². The van der Waals surface area contributed by atoms with Gasteiger partial charge in [-0.25, -0.2) is 0 Å². The Bertz CT molecular complexity index is 2270. The number of hydrogen-bond acceptors (Lipinski definition) is 9. The van der Waals surface area contributed by atoms with Crippen LogP contribution >= 0.6 is 0 Å². The van der Waals surface area contributed by atoms with Crippen molar-refractivity contribution in [3.8, 4) is 11.5 Å². The summed E-state index contributed by atoms with van der Waals surface area (Å²) in [7, 11) is 6.64. The number of primary amides is 1. The maximum atomic E-state index is 13.9. The predicted octanol–water partition coefficient (Wildman–Crippen LogP) is 0.877. The van der Waals surface area contributed by atoms with Gasteiger partial charge in [0.05, 0.1) is 43.5 Å². The molecule has 3 aromatic heterocycles. The first kappa shape index (κ1) is 35.8. The van der Waals surface area contributed by atoms with Crippen molar-refractivity contribution < 1.29 is 34.1 Å². The quantitative estimate of drug-likeness (QED) is 0.151. The van der Waals surface area contributed by atoms with Crippen LogP contribution in [0, 0.1) is 13.8 Å². The van der Waals surface area contributed by atoms with Gasteiger partial charge in [-0.05, 0) is 56.7 Å². The number of fused-ring (bicyclic) bond motifs is 2. The van der Waals surface area contributed by atoms with E-state index in [1.54, 1.807) is 43.3 Å². The highest BCUT2D eigenvalue weighted by atomic mass is 16.5. The molecule has 1 atom stereocenters. The molecule has 266 valence electrons. The molecule has 2 amide bonds. The number of Topliss-reactive ketones (excluding diaryl/α,β-unsaturated/α-hetero) is 1. The highest BCUT2D eigenvalue weighted by Crippen LogP contribution is 2.29. The molecule has 0 aliphatic carbocycles. The minimum atomic E-state index is -1.59. The second kappa shape index (κ2) is 14.6. The molecule has 0 aliphatic rings. The number of aliphatic hydroxyl groups excluding tert-OH is 2. The van der Waals surface area contributed by atoms with Gasteiger partial charge in [-0.3, -0.25) is 28.6 Å². The molecule has 16 heteroatoms. The number of nitrogens with two attached hydrogens (primary N) is 1. The van der Waals surface area contributed by atoms with Crippen LogP contribution in [0.4, 0.5) is 0 Å². The number of hydrogen-bond donors (Lipinski definition) is 3. The Morgan fingerprint density at radius 1 is 0.980 bits per heavy atom. The third-order valence-corrected chi connectivity index (χ3v) is 8.53. The van der Waals surface area contributed by atoms with Crippen LogP contribution in [0.15, 0.2) is 40.3 Å². The van der Waals surface area contributed by atoms with Crippen LogP contribution in [0.25, 0.3) is 22.1 Å². The van der Waals surface area contributed by atoms with E-state index < -0.39 is 23.7 Å². The van der Waals surface area contributed by atoms with Gasteiger partial charge in [0.1, 0.15) is 34.3 Å². The van der Waals surface area contributed by atoms with E-state index in [-0.39, 0.29) is 48.9 Å². The molecule has 3 heterocycles. The molecule has 0 aliphatic heterocycles. The summed E-state index contributed by atoms with van der Waals surface area (Å²) in [5, 5.41) is 25.3. The largest absolute Gasteiger partial charge is 0.494 e. The van der Waals surface area contributed by atoms with Crippen LogP contribution < -0.4 is 26.4 Å². The number of carbonyl (C=O) groups excluding carboxylic acids is 3. The number of methoxy groups -OCH3 is 1. The van der Waals surface area contributed by atoms with E-state index in [4.69, 9.17) is 15.2 Å². The summed E-state index contributed by atoms with van der Waals surface area (Å²) in [5.74, 6) is -1.12. The van der Waals surface area contributed by atoms with E-state index in [0.29, 0.717) is 46.6 Å². The Morgan fingerprint density at radius 2 is 1.66 bits per heavy atom. The number of aryl methyl sites for hydroxylation is 5. The van der Waals surface area contributed by atoms with Crippen molar-refractivity contribution in [2.24, 2.45) is 29.8 Å². The third kappa shape index (κ3) is 6.58. The normalized spacial score (nSPS) is 13.1. The molecule has 0 radical (unpaired) electrons. The lowest BCUT2D eigenvalue weighted by Crippen LogP contribution is -2.37. The fraction of sp³-hybridized carbons (Fsp3) is 0.412. The number of rotatable bonds is 13. The number of imidazole rings is 2. The van der Waals surface area contributed by atoms with Gasteiger partial charge in [0.15, 0.2) is 5.78 Å². The number of amides is 2. The predicted molar refractivity (Wildman–Crippen MR) is 184 cm³/mol. The number of ketones is 1. The van der Waals surface area contributed by atoms with E-state index in [9.17, 15) is 24.6 Å². The van der Waals surface area contributed by atoms with Gasteiger partial charge in [-0.15, -0.1) is 0 Å². The number of aromatic nitrogens is 6. The van der Waals surface area contributed by atoms with Crippen LogP contribution in [0.1, 0.15) is 45.4 Å². The SMILES string of the molecule is CCn1nc(C)cc1C(=O)/N=c1\n(C)c2cc(C(N)=O)cc(OCCCO)c2n1CC(O)C(=O)Cn1/c(=N/C)n(C)c2cc(C)cc(OC)c21. The summed E-state index contributed by atoms with van der Waals surface area (Å²) in [6, 6.07) is 8.43. The molecule has 4 N–H and O–H groups in total. The molecule has 0 saturated heterocycles. The van der Waals surface area contributed by atoms with Crippen molar-refractivity contribution in [1.29, 1.82) is 0 Å². The first-order valence-corrected chi connectivity index (χ1v) is 16.1. The molecule has 5 aromatic rings. The monoisotopic (exact) mass is 689 g/mol. The summed E-state index contributed by atoms with van der Waals surface area (Å²) in [6.45, 7) is 5.37. The Kier molecular flexibility index (Phi) is 10.4. The fourth-order valence-corrected chi connectivity index (χ4v) is 6.18. The standard InChI is InChI=1S/C34H43N9O7/c1-8-43-24(14-20(3)38-43)32(48)37-34-40(6)23-15-21(31(35)47)16-28(50-11-9-10-44)30(23)42(34)18-26(46)25(45)17-41-29-22(39(5)33(41)36-4)12-19(2)13-27(29)49-7/h12-16,26,44,46H,8-11,17-18H2,1-7H3,(H2,35,47)/b36-33+,37-34+. The van der Waals surface area contributed by atoms with Gasteiger partial charge in [-0.1, -0.05) is 0 Å². The molecular weight excluding hydrogens is 646 g/mol. The summed E-state index contributed by atoms with van der Waals surface area (Å²) in [5.41, 5.74) is 10.4. The first-order valence-electron chi connectivity index (χ1n) is 16.1. The topological polar surface area (TPSA) is 198 Å². The highest BCUT2D eigenvalue weighted by molar-refractivity contribution is 5.99. The number of nitrogens with zero attached hydrogens (tertiary/aromatic N) is 8. The lowest BCUT2D eigenvalue weighted by molar-refractivity contribution is -0.128.